The molecule has 1 heterocycles. The second-order valence-electron chi connectivity index (χ2n) is 5.47. The van der Waals surface area contributed by atoms with Crippen LogP contribution in [0.15, 0.2) is 24.3 Å². The van der Waals surface area contributed by atoms with E-state index < -0.39 is 11.9 Å². The number of benzene rings is 1. The molecule has 3 N–H and O–H groups in total. The lowest BCUT2D eigenvalue weighted by Crippen LogP contribution is -2.57. The Kier molecular flexibility index (Phi) is 5.48. The number of alkyl halides is 3. The van der Waals surface area contributed by atoms with Crippen molar-refractivity contribution in [3.8, 4) is 5.75 Å². The van der Waals surface area contributed by atoms with Gasteiger partial charge in [-0.2, -0.15) is 0 Å². The van der Waals surface area contributed by atoms with Gasteiger partial charge in [0.1, 0.15) is 5.75 Å². The zero-order valence-corrected chi connectivity index (χ0v) is 12.5. The van der Waals surface area contributed by atoms with Crippen LogP contribution < -0.4 is 15.8 Å². The fourth-order valence-electron chi connectivity index (χ4n) is 2.32. The molecule has 0 unspecified atom stereocenters. The highest BCUT2D eigenvalue weighted by atomic mass is 19.4. The van der Waals surface area contributed by atoms with Crippen LogP contribution in [0.1, 0.15) is 18.4 Å². The van der Waals surface area contributed by atoms with Gasteiger partial charge in [0.05, 0.1) is 5.54 Å². The molecule has 0 radical (unpaired) electrons. The second-order valence-corrected chi connectivity index (χ2v) is 5.47. The molecule has 1 saturated heterocycles. The number of rotatable bonds is 5. The lowest BCUT2D eigenvalue weighted by Gasteiger charge is -2.31. The molecule has 0 aromatic heterocycles. The first kappa shape index (κ1) is 17.6. The molecule has 2 rings (SSSR count). The lowest BCUT2D eigenvalue weighted by molar-refractivity contribution is -0.274. The summed E-state index contributed by atoms with van der Waals surface area (Å²) in [4.78, 5) is 12.1. The summed E-state index contributed by atoms with van der Waals surface area (Å²) in [5, 5.41) is 2.76. The van der Waals surface area contributed by atoms with Gasteiger partial charge in [0, 0.05) is 19.8 Å². The van der Waals surface area contributed by atoms with Crippen LogP contribution in [0.25, 0.3) is 0 Å². The summed E-state index contributed by atoms with van der Waals surface area (Å²) in [6, 6.07) is 5.54. The number of carbonyl (C=O) groups is 1. The number of hydrogen-bond donors (Lipinski definition) is 2. The number of hydrogen-bond acceptors (Lipinski definition) is 4. The first-order chi connectivity index (χ1) is 10.8. The number of carbonyl (C=O) groups excluding carboxylic acids is 1. The number of halogens is 3. The molecular weight excluding hydrogens is 313 g/mol. The number of nitrogens with two attached hydrogens (primary N) is 1. The summed E-state index contributed by atoms with van der Waals surface area (Å²) in [7, 11) is 0. The SMILES string of the molecule is NC1(C(=O)NCCc2ccc(OC(F)(F)F)cc2)CCOCC1. The van der Waals surface area contributed by atoms with Crippen LogP contribution in [-0.2, 0) is 16.0 Å². The van der Waals surface area contributed by atoms with Crippen molar-refractivity contribution in [3.63, 3.8) is 0 Å². The van der Waals surface area contributed by atoms with Gasteiger partial charge in [-0.25, -0.2) is 0 Å². The van der Waals surface area contributed by atoms with Gasteiger partial charge in [0.25, 0.3) is 0 Å². The summed E-state index contributed by atoms with van der Waals surface area (Å²) in [5.41, 5.74) is 5.94. The molecule has 1 aliphatic heterocycles. The van der Waals surface area contributed by atoms with Crippen molar-refractivity contribution in [1.82, 2.24) is 5.32 Å². The van der Waals surface area contributed by atoms with E-state index >= 15 is 0 Å². The quantitative estimate of drug-likeness (QED) is 0.862. The zero-order valence-electron chi connectivity index (χ0n) is 12.5. The largest absolute Gasteiger partial charge is 0.573 e. The third-order valence-electron chi connectivity index (χ3n) is 3.69. The van der Waals surface area contributed by atoms with Crippen molar-refractivity contribution in [3.05, 3.63) is 29.8 Å². The zero-order chi connectivity index (χ0) is 16.9. The Labute approximate surface area is 131 Å². The average Bonchev–Trinajstić information content (AvgIpc) is 2.48. The molecule has 8 heteroatoms. The van der Waals surface area contributed by atoms with Crippen molar-refractivity contribution < 1.29 is 27.4 Å². The number of amides is 1. The van der Waals surface area contributed by atoms with E-state index in [1.165, 1.54) is 24.3 Å². The Morgan fingerprint density at radius 3 is 2.43 bits per heavy atom. The van der Waals surface area contributed by atoms with Gasteiger partial charge < -0.3 is 20.5 Å². The predicted octanol–water partition coefficient (Wildman–Crippen LogP) is 1.75. The average molecular weight is 332 g/mol. The van der Waals surface area contributed by atoms with Crippen LogP contribution in [0.3, 0.4) is 0 Å². The minimum Gasteiger partial charge on any atom is -0.406 e. The monoisotopic (exact) mass is 332 g/mol. The van der Waals surface area contributed by atoms with Crippen LogP contribution in [-0.4, -0.2) is 37.6 Å². The van der Waals surface area contributed by atoms with Crippen LogP contribution >= 0.6 is 0 Å². The van der Waals surface area contributed by atoms with Gasteiger partial charge in [0.15, 0.2) is 0 Å². The third kappa shape index (κ3) is 5.40. The third-order valence-corrected chi connectivity index (χ3v) is 3.69. The van der Waals surface area contributed by atoms with Crippen molar-refractivity contribution >= 4 is 5.91 Å². The van der Waals surface area contributed by atoms with Crippen molar-refractivity contribution in [1.29, 1.82) is 0 Å². The lowest BCUT2D eigenvalue weighted by atomic mass is 9.90. The molecular formula is C15H19F3N2O3. The van der Waals surface area contributed by atoms with E-state index in [1.807, 2.05) is 0 Å². The Balaban J connectivity index is 1.78. The van der Waals surface area contributed by atoms with E-state index in [2.05, 4.69) is 10.1 Å². The highest BCUT2D eigenvalue weighted by Crippen LogP contribution is 2.23. The number of nitrogens with one attached hydrogen (secondary N) is 1. The molecule has 5 nitrogen and oxygen atoms in total. The van der Waals surface area contributed by atoms with E-state index in [0.717, 1.165) is 5.56 Å². The molecule has 1 aromatic rings. The minimum atomic E-state index is -4.70. The molecule has 128 valence electrons. The normalized spacial score (nSPS) is 17.6. The van der Waals surface area contributed by atoms with Crippen molar-refractivity contribution in [2.24, 2.45) is 5.73 Å². The first-order valence-corrected chi connectivity index (χ1v) is 7.28. The molecule has 23 heavy (non-hydrogen) atoms. The van der Waals surface area contributed by atoms with Crippen molar-refractivity contribution in [2.45, 2.75) is 31.2 Å². The topological polar surface area (TPSA) is 73.6 Å². The van der Waals surface area contributed by atoms with E-state index in [0.29, 0.717) is 39.0 Å². The fraction of sp³-hybridized carbons (Fsp3) is 0.533. The molecule has 1 aliphatic rings. The minimum absolute atomic E-state index is 0.224. The highest BCUT2D eigenvalue weighted by Gasteiger charge is 2.35. The predicted molar refractivity (Wildman–Crippen MR) is 76.8 cm³/mol. The first-order valence-electron chi connectivity index (χ1n) is 7.28. The van der Waals surface area contributed by atoms with Gasteiger partial charge >= 0.3 is 6.36 Å². The van der Waals surface area contributed by atoms with Crippen molar-refractivity contribution in [2.75, 3.05) is 19.8 Å². The van der Waals surface area contributed by atoms with E-state index in [9.17, 15) is 18.0 Å². The number of ether oxygens (including phenoxy) is 2. The highest BCUT2D eigenvalue weighted by molar-refractivity contribution is 5.86. The van der Waals surface area contributed by atoms with Gasteiger partial charge in [0.2, 0.25) is 5.91 Å². The smallest absolute Gasteiger partial charge is 0.406 e. The Morgan fingerprint density at radius 1 is 1.26 bits per heavy atom. The van der Waals surface area contributed by atoms with Gasteiger partial charge in [-0.15, -0.1) is 13.2 Å². The summed E-state index contributed by atoms with van der Waals surface area (Å²) >= 11 is 0. The van der Waals surface area contributed by atoms with Crippen LogP contribution in [0.2, 0.25) is 0 Å². The fourth-order valence-corrected chi connectivity index (χ4v) is 2.32. The molecule has 1 fully saturated rings. The maximum atomic E-state index is 12.1. The molecule has 0 bridgehead atoms. The Hall–Kier alpha value is -1.80. The van der Waals surface area contributed by atoms with Gasteiger partial charge in [-0.1, -0.05) is 12.1 Å². The molecule has 0 saturated carbocycles. The molecule has 0 atom stereocenters. The molecule has 1 aromatic carbocycles. The van der Waals surface area contributed by atoms with Crippen LogP contribution in [0.4, 0.5) is 13.2 Å². The maximum absolute atomic E-state index is 12.1. The molecule has 0 aliphatic carbocycles. The van der Waals surface area contributed by atoms with Crippen LogP contribution in [0.5, 0.6) is 5.75 Å². The van der Waals surface area contributed by atoms with Crippen LogP contribution in [0, 0.1) is 0 Å². The summed E-state index contributed by atoms with van der Waals surface area (Å²) in [6.45, 7) is 1.29. The summed E-state index contributed by atoms with van der Waals surface area (Å²) in [6.07, 6.45) is -3.26. The van der Waals surface area contributed by atoms with E-state index in [-0.39, 0.29) is 11.7 Å². The molecule has 0 spiro atoms. The summed E-state index contributed by atoms with van der Waals surface area (Å²) in [5.74, 6) is -0.494. The standard InChI is InChI=1S/C15H19F3N2O3/c16-15(17,18)23-12-3-1-11(2-4-12)5-8-20-13(21)14(19)6-9-22-10-7-14/h1-4H,5-10,19H2,(H,20,21). The Morgan fingerprint density at radius 2 is 1.87 bits per heavy atom. The maximum Gasteiger partial charge on any atom is 0.573 e. The second kappa shape index (κ2) is 7.18. The van der Waals surface area contributed by atoms with Gasteiger partial charge in [-0.05, 0) is 37.0 Å². The van der Waals surface area contributed by atoms with E-state index in [4.69, 9.17) is 10.5 Å². The molecule has 1 amide bonds. The van der Waals surface area contributed by atoms with E-state index in [1.54, 1.807) is 0 Å². The summed E-state index contributed by atoms with van der Waals surface area (Å²) < 4.78 is 45.1. The van der Waals surface area contributed by atoms with Gasteiger partial charge in [-0.3, -0.25) is 4.79 Å². The Bertz CT molecular complexity index is 526.